The Bertz CT molecular complexity index is 1760. The number of hydroxylamine groups is 2. The molecule has 0 aliphatic carbocycles. The standard InChI is InChI=1S/C30H28Cl2IN3O6S/c1-43(40,41)36(11-3-6-21(37)16-36)42-26-10-7-18(13-24(26)33)28-30(22-9-8-20(32)14-25(22)34-29(30)39)23(15-27(38)35-28)17-4-2-5-19(31)12-17/h2,4-5,7-10,12-14,21,23,28,37H,3,6,11,15-16H2,1H3,(H-,34,35,38,39)/p+1/t21-,23+,28-,30+,36+/m1/s1. The molecule has 3 N–H and O–H groups in total. The highest BCUT2D eigenvalue weighted by Gasteiger charge is 2.61. The molecule has 226 valence electrons. The zero-order valence-electron chi connectivity index (χ0n) is 23.0. The van der Waals surface area contributed by atoms with Crippen LogP contribution in [-0.2, 0) is 25.0 Å². The molecule has 3 heterocycles. The molecule has 3 aliphatic heterocycles. The van der Waals surface area contributed by atoms with Crippen LogP contribution in [0.2, 0.25) is 10.0 Å². The monoisotopic (exact) mass is 756 g/mol. The van der Waals surface area contributed by atoms with Crippen molar-refractivity contribution in [3.05, 3.63) is 91.0 Å². The number of hydrogen-bond acceptors (Lipinski definition) is 6. The first-order valence-corrected chi connectivity index (χ1v) is 17.4. The summed E-state index contributed by atoms with van der Waals surface area (Å²) in [6.07, 6.45) is 1.34. The smallest absolute Gasteiger partial charge is 0.332 e. The van der Waals surface area contributed by atoms with Gasteiger partial charge in [0, 0.05) is 34.5 Å². The summed E-state index contributed by atoms with van der Waals surface area (Å²) in [5.41, 5.74) is 1.42. The lowest BCUT2D eigenvalue weighted by molar-refractivity contribution is -0.981. The molecule has 0 unspecified atom stereocenters. The molecule has 0 radical (unpaired) electrons. The average molecular weight is 757 g/mol. The molecule has 1 spiro atoms. The topological polar surface area (TPSA) is 122 Å². The van der Waals surface area contributed by atoms with E-state index < -0.39 is 37.6 Å². The van der Waals surface area contributed by atoms with Crippen LogP contribution < -0.4 is 15.5 Å². The molecule has 9 nitrogen and oxygen atoms in total. The number of fused-ring (bicyclic) bond motifs is 2. The number of piperidine rings is 2. The van der Waals surface area contributed by atoms with Crippen molar-refractivity contribution in [3.8, 4) is 5.75 Å². The number of rotatable bonds is 5. The predicted octanol–water partition coefficient (Wildman–Crippen LogP) is 5.06. The number of halogens is 3. The van der Waals surface area contributed by atoms with Gasteiger partial charge >= 0.3 is 10.0 Å². The van der Waals surface area contributed by atoms with E-state index in [4.69, 9.17) is 28.0 Å². The van der Waals surface area contributed by atoms with Crippen molar-refractivity contribution >= 4 is 73.3 Å². The van der Waals surface area contributed by atoms with Crippen molar-refractivity contribution in [2.24, 2.45) is 0 Å². The number of aliphatic hydroxyl groups excluding tert-OH is 1. The van der Waals surface area contributed by atoms with Crippen LogP contribution in [-0.4, -0.2) is 54.8 Å². The third-order valence-corrected chi connectivity index (χ3v) is 11.6. The minimum absolute atomic E-state index is 0.0568. The molecule has 3 aromatic rings. The molecular formula is C30H29Cl2IN3O6S+. The highest BCUT2D eigenvalue weighted by molar-refractivity contribution is 14.1. The van der Waals surface area contributed by atoms with Gasteiger partial charge in [0.25, 0.3) is 0 Å². The van der Waals surface area contributed by atoms with E-state index in [1.165, 1.54) is 0 Å². The lowest BCUT2D eigenvalue weighted by atomic mass is 9.59. The molecule has 5 atom stereocenters. The predicted molar refractivity (Wildman–Crippen MR) is 171 cm³/mol. The summed E-state index contributed by atoms with van der Waals surface area (Å²) in [6, 6.07) is 16.9. The second-order valence-corrected chi connectivity index (χ2v) is 15.5. The highest BCUT2D eigenvalue weighted by atomic mass is 127. The molecule has 0 aromatic heterocycles. The van der Waals surface area contributed by atoms with Crippen LogP contribution in [0.25, 0.3) is 0 Å². The lowest BCUT2D eigenvalue weighted by Gasteiger charge is -2.46. The fourth-order valence-electron chi connectivity index (χ4n) is 6.77. The third kappa shape index (κ3) is 5.21. The van der Waals surface area contributed by atoms with E-state index >= 15 is 0 Å². The van der Waals surface area contributed by atoms with Gasteiger partial charge in [-0.05, 0) is 86.2 Å². The Morgan fingerprint density at radius 2 is 1.81 bits per heavy atom. The SMILES string of the molecule is CS(=O)(=O)[N@@+]1(Oc2ccc([C@H]3NC(=O)C[C@@H](c4cccc(Cl)c4)[C@]34C(=O)Nc3cc(Cl)ccc34)cc2I)CCC[C@@H](O)C1. The third-order valence-electron chi connectivity index (χ3n) is 8.69. The van der Waals surface area contributed by atoms with Crippen LogP contribution in [0.4, 0.5) is 5.69 Å². The van der Waals surface area contributed by atoms with Crippen LogP contribution in [0.3, 0.4) is 0 Å². The molecular weight excluding hydrogens is 728 g/mol. The van der Waals surface area contributed by atoms with Gasteiger partial charge in [0.15, 0.2) is 6.54 Å². The van der Waals surface area contributed by atoms with Crippen LogP contribution >= 0.6 is 45.8 Å². The Morgan fingerprint density at radius 1 is 1.05 bits per heavy atom. The zero-order valence-corrected chi connectivity index (χ0v) is 27.5. The van der Waals surface area contributed by atoms with E-state index in [0.29, 0.717) is 49.0 Å². The maximum atomic E-state index is 14.2. The number of amides is 2. The number of hydrogen-bond donors (Lipinski definition) is 3. The van der Waals surface area contributed by atoms with Gasteiger partial charge in [-0.2, -0.15) is 8.42 Å². The number of carbonyl (C=O) groups excluding carboxylic acids is 2. The molecule has 3 aliphatic rings. The highest BCUT2D eigenvalue weighted by Crippen LogP contribution is 2.57. The van der Waals surface area contributed by atoms with Gasteiger partial charge in [-0.15, -0.1) is 0 Å². The number of anilines is 1. The summed E-state index contributed by atoms with van der Waals surface area (Å²) in [4.78, 5) is 33.7. The Morgan fingerprint density at radius 3 is 2.51 bits per heavy atom. The summed E-state index contributed by atoms with van der Waals surface area (Å²) < 4.78 is 25.6. The van der Waals surface area contributed by atoms with Crippen LogP contribution in [0, 0.1) is 3.57 Å². The van der Waals surface area contributed by atoms with Gasteiger partial charge in [0.05, 0.1) is 15.9 Å². The average Bonchev–Trinajstić information content (AvgIpc) is 3.21. The molecule has 6 rings (SSSR count). The molecule has 2 saturated heterocycles. The van der Waals surface area contributed by atoms with E-state index in [2.05, 4.69) is 33.2 Å². The minimum Gasteiger partial charge on any atom is -0.387 e. The summed E-state index contributed by atoms with van der Waals surface area (Å²) in [6.45, 7) is 0.121. The Kier molecular flexibility index (Phi) is 7.96. The summed E-state index contributed by atoms with van der Waals surface area (Å²) in [5, 5.41) is 17.4. The Labute approximate surface area is 273 Å². The molecule has 2 amide bonds. The van der Waals surface area contributed by atoms with Crippen molar-refractivity contribution in [1.82, 2.24) is 5.32 Å². The number of nitrogens with zero attached hydrogens (tertiary/aromatic N) is 1. The first kappa shape index (κ1) is 30.6. The number of quaternary nitrogens is 1. The van der Waals surface area contributed by atoms with Gasteiger partial charge < -0.3 is 15.7 Å². The number of carbonyl (C=O) groups is 2. The zero-order chi connectivity index (χ0) is 30.7. The number of nitrogens with one attached hydrogen (secondary N) is 2. The summed E-state index contributed by atoms with van der Waals surface area (Å²) in [5.74, 6) is -0.752. The fraction of sp³-hybridized carbons (Fsp3) is 0.333. The van der Waals surface area contributed by atoms with Gasteiger partial charge in [-0.25, -0.2) is 0 Å². The van der Waals surface area contributed by atoms with Crippen molar-refractivity contribution in [2.45, 2.75) is 42.7 Å². The van der Waals surface area contributed by atoms with Gasteiger partial charge in [-0.1, -0.05) is 47.5 Å². The summed E-state index contributed by atoms with van der Waals surface area (Å²) >= 11 is 14.8. The minimum atomic E-state index is -3.76. The summed E-state index contributed by atoms with van der Waals surface area (Å²) in [7, 11) is -3.76. The number of sulfonamides is 1. The van der Waals surface area contributed by atoms with Crippen LogP contribution in [0.5, 0.6) is 5.75 Å². The maximum Gasteiger partial charge on any atom is 0.332 e. The normalized spacial score (nSPS) is 28.7. The van der Waals surface area contributed by atoms with Gasteiger partial charge in [0.2, 0.25) is 17.6 Å². The molecule has 43 heavy (non-hydrogen) atoms. The van der Waals surface area contributed by atoms with E-state index in [9.17, 15) is 23.1 Å². The second kappa shape index (κ2) is 11.2. The molecule has 0 bridgehead atoms. The lowest BCUT2D eigenvalue weighted by Crippen LogP contribution is -2.61. The quantitative estimate of drug-likeness (QED) is 0.248. The Hall–Kier alpha value is -2.42. The van der Waals surface area contributed by atoms with E-state index in [0.717, 1.165) is 11.8 Å². The second-order valence-electron chi connectivity index (χ2n) is 11.4. The molecule has 2 fully saturated rings. The van der Waals surface area contributed by atoms with E-state index in [-0.39, 0.29) is 31.3 Å². The van der Waals surface area contributed by atoms with Gasteiger partial charge in [-0.3, -0.25) is 14.4 Å². The molecule has 0 saturated carbocycles. The largest absolute Gasteiger partial charge is 0.387 e. The first-order valence-electron chi connectivity index (χ1n) is 13.7. The fourth-order valence-corrected chi connectivity index (χ4v) is 8.89. The van der Waals surface area contributed by atoms with E-state index in [1.807, 2.05) is 12.1 Å². The molecule has 3 aromatic carbocycles. The van der Waals surface area contributed by atoms with Crippen molar-refractivity contribution < 1.29 is 32.0 Å². The molecule has 13 heteroatoms. The number of benzene rings is 3. The van der Waals surface area contributed by atoms with Crippen molar-refractivity contribution in [1.29, 1.82) is 0 Å². The van der Waals surface area contributed by atoms with Gasteiger partial charge in [0.1, 0.15) is 18.1 Å². The van der Waals surface area contributed by atoms with Crippen molar-refractivity contribution in [3.63, 3.8) is 0 Å². The number of aliphatic hydroxyl groups is 1. The van der Waals surface area contributed by atoms with E-state index in [1.54, 1.807) is 48.5 Å². The van der Waals surface area contributed by atoms with Crippen molar-refractivity contribution in [2.75, 3.05) is 24.7 Å². The van der Waals surface area contributed by atoms with Crippen LogP contribution in [0.15, 0.2) is 60.7 Å². The maximum absolute atomic E-state index is 14.2. The first-order chi connectivity index (χ1) is 20.3. The van der Waals surface area contributed by atoms with Crippen LogP contribution in [0.1, 0.15) is 47.9 Å². The Balaban J connectivity index is 1.48.